The lowest BCUT2D eigenvalue weighted by Crippen LogP contribution is -2.51. The molecule has 2 heterocycles. The number of likely N-dealkylation sites (N-methyl/N-ethyl adjacent to an activating group) is 1. The first-order valence-corrected chi connectivity index (χ1v) is 15.8. The summed E-state index contributed by atoms with van der Waals surface area (Å²) >= 11 is 1.79. The van der Waals surface area contributed by atoms with Gasteiger partial charge in [-0.1, -0.05) is 36.8 Å². The van der Waals surface area contributed by atoms with Crippen molar-refractivity contribution in [3.8, 4) is 0 Å². The predicted octanol–water partition coefficient (Wildman–Crippen LogP) is 7.24. The first kappa shape index (κ1) is 24.4. The Morgan fingerprint density at radius 3 is 2.76 bits per heavy atom. The molecule has 1 aromatic carbocycles. The third-order valence-corrected chi connectivity index (χ3v) is 13.6. The number of rotatable bonds is 3. The van der Waals surface area contributed by atoms with E-state index in [0.717, 1.165) is 42.6 Å². The van der Waals surface area contributed by atoms with Crippen LogP contribution in [0.5, 0.6) is 0 Å². The van der Waals surface area contributed by atoms with Gasteiger partial charge >= 0.3 is 0 Å². The van der Waals surface area contributed by atoms with Crippen molar-refractivity contribution in [1.82, 2.24) is 10.2 Å². The second kappa shape index (κ2) is 8.68. The smallest absolute Gasteiger partial charge is 0.227 e. The number of likely N-dealkylation sites (tertiary alicyclic amines) is 1. The van der Waals surface area contributed by atoms with Crippen LogP contribution in [0.15, 0.2) is 41.3 Å². The zero-order chi connectivity index (χ0) is 25.5. The van der Waals surface area contributed by atoms with E-state index in [4.69, 9.17) is 0 Å². The summed E-state index contributed by atoms with van der Waals surface area (Å²) in [4.78, 5) is 16.1. The molecule has 4 aliphatic carbocycles. The highest BCUT2D eigenvalue weighted by atomic mass is 32.1. The van der Waals surface area contributed by atoms with Gasteiger partial charge in [0.15, 0.2) is 0 Å². The molecule has 9 unspecified atom stereocenters. The summed E-state index contributed by atoms with van der Waals surface area (Å²) < 4.78 is 1.30. The Bertz CT molecular complexity index is 1250. The molecule has 5 aliphatic rings. The number of hydrogen-bond acceptors (Lipinski definition) is 3. The van der Waals surface area contributed by atoms with Gasteiger partial charge in [0, 0.05) is 24.3 Å². The molecule has 1 aliphatic heterocycles. The number of benzene rings is 1. The van der Waals surface area contributed by atoms with Crippen molar-refractivity contribution < 1.29 is 4.79 Å². The van der Waals surface area contributed by atoms with E-state index in [1.807, 2.05) is 7.05 Å². The number of amides is 1. The molecule has 198 valence electrons. The number of thiophene rings is 1. The van der Waals surface area contributed by atoms with Crippen LogP contribution in [0.1, 0.15) is 76.7 Å². The molecule has 3 nitrogen and oxygen atoms in total. The molecule has 1 saturated heterocycles. The molecular weight excluding hydrogens is 472 g/mol. The lowest BCUT2D eigenvalue weighted by atomic mass is 9.46. The summed E-state index contributed by atoms with van der Waals surface area (Å²) in [5.41, 5.74) is 3.87. The van der Waals surface area contributed by atoms with Crippen LogP contribution < -0.4 is 5.32 Å². The number of carbonyl (C=O) groups is 1. The molecule has 37 heavy (non-hydrogen) atoms. The molecule has 2 aromatic rings. The van der Waals surface area contributed by atoms with Gasteiger partial charge < -0.3 is 10.2 Å². The summed E-state index contributed by atoms with van der Waals surface area (Å²) in [5, 5.41) is 6.58. The van der Waals surface area contributed by atoms with Gasteiger partial charge in [0.25, 0.3) is 0 Å². The number of nitrogens with zero attached hydrogens (tertiary/aromatic N) is 1. The lowest BCUT2D eigenvalue weighted by Gasteiger charge is -2.58. The Balaban J connectivity index is 1.18. The highest BCUT2D eigenvalue weighted by molar-refractivity contribution is 7.17. The molecule has 4 fully saturated rings. The number of allylic oxidation sites excluding steroid dienone is 2. The monoisotopic (exact) mass is 516 g/mol. The second-order valence-corrected chi connectivity index (χ2v) is 14.6. The SMILES string of the molecule is CNC(=O)C(c1csc2ccccc12)C1CCC2(C)C(=CCC3C2CCC24CN(C)C(C)C2CCC34)C1. The van der Waals surface area contributed by atoms with Crippen molar-refractivity contribution in [2.75, 3.05) is 20.6 Å². The highest BCUT2D eigenvalue weighted by Crippen LogP contribution is 2.69. The molecule has 4 heteroatoms. The molecule has 0 bridgehead atoms. The third kappa shape index (κ3) is 3.37. The highest BCUT2D eigenvalue weighted by Gasteiger charge is 2.64. The molecular formula is C33H44N2OS. The minimum absolute atomic E-state index is 0.0509. The van der Waals surface area contributed by atoms with Crippen molar-refractivity contribution in [2.24, 2.45) is 40.4 Å². The van der Waals surface area contributed by atoms with Gasteiger partial charge in [0.2, 0.25) is 5.91 Å². The van der Waals surface area contributed by atoms with Crippen molar-refractivity contribution in [3.05, 3.63) is 46.9 Å². The van der Waals surface area contributed by atoms with Crippen LogP contribution in [-0.4, -0.2) is 37.5 Å². The topological polar surface area (TPSA) is 32.3 Å². The normalized spacial score (nSPS) is 41.9. The molecule has 1 spiro atoms. The fourth-order valence-electron chi connectivity index (χ4n) is 10.8. The predicted molar refractivity (Wildman–Crippen MR) is 154 cm³/mol. The maximum atomic E-state index is 13.4. The minimum Gasteiger partial charge on any atom is -0.359 e. The average Bonchev–Trinajstić information content (AvgIpc) is 3.56. The zero-order valence-electron chi connectivity index (χ0n) is 23.1. The maximum Gasteiger partial charge on any atom is 0.227 e. The van der Waals surface area contributed by atoms with Crippen LogP contribution >= 0.6 is 11.3 Å². The Morgan fingerprint density at radius 1 is 1.11 bits per heavy atom. The summed E-state index contributed by atoms with van der Waals surface area (Å²) in [6.45, 7) is 6.45. The second-order valence-electron chi connectivity index (χ2n) is 13.7. The Labute approximate surface area is 227 Å². The van der Waals surface area contributed by atoms with Crippen LogP contribution in [-0.2, 0) is 4.79 Å². The molecule has 9 atom stereocenters. The summed E-state index contributed by atoms with van der Waals surface area (Å²) in [6, 6.07) is 9.39. The van der Waals surface area contributed by atoms with Gasteiger partial charge in [-0.05, 0) is 128 Å². The molecule has 1 amide bonds. The quantitative estimate of drug-likeness (QED) is 0.436. The Hall–Kier alpha value is -1.65. The summed E-state index contributed by atoms with van der Waals surface area (Å²) in [6.07, 6.45) is 13.3. The number of carbonyl (C=O) groups excluding carboxylic acids is 1. The fourth-order valence-corrected chi connectivity index (χ4v) is 11.8. The van der Waals surface area contributed by atoms with Crippen LogP contribution in [0.25, 0.3) is 10.1 Å². The van der Waals surface area contributed by atoms with Gasteiger partial charge in [-0.15, -0.1) is 11.3 Å². The van der Waals surface area contributed by atoms with Crippen LogP contribution in [0.3, 0.4) is 0 Å². The largest absolute Gasteiger partial charge is 0.359 e. The van der Waals surface area contributed by atoms with Crippen molar-refractivity contribution in [1.29, 1.82) is 0 Å². The molecule has 0 radical (unpaired) electrons. The van der Waals surface area contributed by atoms with Crippen molar-refractivity contribution >= 4 is 27.3 Å². The van der Waals surface area contributed by atoms with E-state index in [0.29, 0.717) is 16.7 Å². The van der Waals surface area contributed by atoms with Gasteiger partial charge in [0.05, 0.1) is 5.92 Å². The van der Waals surface area contributed by atoms with Crippen LogP contribution in [0.4, 0.5) is 0 Å². The van der Waals surface area contributed by atoms with Crippen molar-refractivity contribution in [3.63, 3.8) is 0 Å². The first-order chi connectivity index (χ1) is 17.9. The lowest BCUT2D eigenvalue weighted by molar-refractivity contribution is -0.123. The van der Waals surface area contributed by atoms with E-state index in [9.17, 15) is 4.79 Å². The molecule has 3 saturated carbocycles. The van der Waals surface area contributed by atoms with Gasteiger partial charge in [-0.3, -0.25) is 4.79 Å². The van der Waals surface area contributed by atoms with Crippen LogP contribution in [0.2, 0.25) is 0 Å². The van der Waals surface area contributed by atoms with Gasteiger partial charge in [-0.25, -0.2) is 0 Å². The number of nitrogens with one attached hydrogen (secondary N) is 1. The molecule has 7 rings (SSSR count). The number of fused-ring (bicyclic) bond motifs is 5. The van der Waals surface area contributed by atoms with Crippen LogP contribution in [0, 0.1) is 40.4 Å². The standard InChI is InChI=1S/C33H44N2OS/c1-20-26-11-12-28-24-10-9-22-17-21(13-15-32(22,2)27(24)14-16-33(26,28)19-35(20)4)30(31(36)34-3)25-18-37-29-8-6-5-7-23(25)29/h5-9,18,20-21,24,26-28,30H,10-17,19H2,1-4H3,(H,34,36). The van der Waals surface area contributed by atoms with E-state index >= 15 is 0 Å². The minimum atomic E-state index is -0.0509. The van der Waals surface area contributed by atoms with E-state index in [1.165, 1.54) is 60.7 Å². The third-order valence-electron chi connectivity index (χ3n) is 12.6. The summed E-state index contributed by atoms with van der Waals surface area (Å²) in [7, 11) is 4.19. The van der Waals surface area contributed by atoms with Gasteiger partial charge in [-0.2, -0.15) is 0 Å². The van der Waals surface area contributed by atoms with E-state index in [-0.39, 0.29) is 11.8 Å². The molecule has 1 aromatic heterocycles. The summed E-state index contributed by atoms with van der Waals surface area (Å²) in [5.74, 6) is 4.09. The Morgan fingerprint density at radius 2 is 1.92 bits per heavy atom. The average molecular weight is 517 g/mol. The maximum absolute atomic E-state index is 13.4. The van der Waals surface area contributed by atoms with E-state index < -0.39 is 0 Å². The fraction of sp³-hybridized carbons (Fsp3) is 0.667. The van der Waals surface area contributed by atoms with E-state index in [1.54, 1.807) is 16.9 Å². The van der Waals surface area contributed by atoms with Gasteiger partial charge in [0.1, 0.15) is 0 Å². The zero-order valence-corrected chi connectivity index (χ0v) is 23.9. The molecule has 1 N–H and O–H groups in total. The first-order valence-electron chi connectivity index (χ1n) is 14.9. The number of hydrogen-bond donors (Lipinski definition) is 1. The van der Waals surface area contributed by atoms with Crippen molar-refractivity contribution in [2.45, 2.75) is 77.2 Å². The Kier molecular flexibility index (Phi) is 5.72. The van der Waals surface area contributed by atoms with E-state index in [2.05, 4.69) is 66.8 Å².